The summed E-state index contributed by atoms with van der Waals surface area (Å²) in [5.41, 5.74) is 0.962. The molecular formula is C25H19F7O. The highest BCUT2D eigenvalue weighted by molar-refractivity contribution is 5.84. The number of benzene rings is 3. The maximum absolute atomic E-state index is 14.1. The maximum Gasteiger partial charge on any atom is 0.422 e. The predicted octanol–water partition coefficient (Wildman–Crippen LogP) is 7.21. The van der Waals surface area contributed by atoms with E-state index < -0.39 is 52.8 Å². The first-order chi connectivity index (χ1) is 15.3. The Hall–Kier alpha value is -3.16. The molecule has 3 aromatic rings. The molecule has 3 rings (SSSR count). The van der Waals surface area contributed by atoms with Gasteiger partial charge in [0.05, 0.1) is 0 Å². The van der Waals surface area contributed by atoms with Crippen molar-refractivity contribution >= 4 is 5.78 Å². The number of halogens is 7. The van der Waals surface area contributed by atoms with E-state index in [-0.39, 0.29) is 6.42 Å². The summed E-state index contributed by atoms with van der Waals surface area (Å²) in [4.78, 5) is 12.5. The predicted molar refractivity (Wildman–Crippen MR) is 110 cm³/mol. The zero-order chi connectivity index (χ0) is 24.7. The molecule has 0 amide bonds. The van der Waals surface area contributed by atoms with Crippen molar-refractivity contribution in [3.8, 4) is 11.1 Å². The quantitative estimate of drug-likeness (QED) is 0.286. The Morgan fingerprint density at radius 1 is 0.758 bits per heavy atom. The van der Waals surface area contributed by atoms with Crippen LogP contribution in [0.15, 0.2) is 36.4 Å². The largest absolute Gasteiger partial charge is 0.422 e. The van der Waals surface area contributed by atoms with Crippen LogP contribution in [-0.2, 0) is 23.8 Å². The van der Waals surface area contributed by atoms with Gasteiger partial charge in [-0.25, -0.2) is 17.6 Å². The van der Waals surface area contributed by atoms with Crippen LogP contribution in [-0.4, -0.2) is 5.78 Å². The van der Waals surface area contributed by atoms with Crippen molar-refractivity contribution < 1.29 is 35.5 Å². The number of rotatable bonds is 5. The lowest BCUT2D eigenvalue weighted by Gasteiger charge is -2.14. The van der Waals surface area contributed by atoms with Gasteiger partial charge < -0.3 is 0 Å². The second kappa shape index (κ2) is 9.00. The molecule has 0 saturated carbocycles. The summed E-state index contributed by atoms with van der Waals surface area (Å²) in [6, 6.07) is 11.2. The fourth-order valence-electron chi connectivity index (χ4n) is 3.72. The number of Topliss-reactive ketones (excluding diaryl/α,β-unsaturated/α-hetero) is 1. The molecule has 0 N–H and O–H groups in total. The molecule has 0 bridgehead atoms. The van der Waals surface area contributed by atoms with E-state index >= 15 is 0 Å². The lowest BCUT2D eigenvalue weighted by atomic mass is 9.92. The highest BCUT2D eigenvalue weighted by Crippen LogP contribution is 2.37. The molecule has 8 heteroatoms. The monoisotopic (exact) mass is 468 g/mol. The average Bonchev–Trinajstić information content (AvgIpc) is 2.71. The summed E-state index contributed by atoms with van der Waals surface area (Å²) in [7, 11) is 0. The average molecular weight is 468 g/mol. The standard InChI is InChI=1S/C25H19F7O/c1-12-4-7-18(14(3)8-12)15-6-5-13(2)16(9-15)10-17(33)11-19-21(26)23(28)20(25(30,31)32)24(29)22(19)27/h4-9H,10-11H2,1-3H3. The van der Waals surface area contributed by atoms with Crippen LogP contribution in [0.5, 0.6) is 0 Å². The van der Waals surface area contributed by atoms with Gasteiger partial charge in [0.25, 0.3) is 0 Å². The topological polar surface area (TPSA) is 17.1 Å². The summed E-state index contributed by atoms with van der Waals surface area (Å²) in [5.74, 6) is -10.4. The van der Waals surface area contributed by atoms with Gasteiger partial charge in [-0.15, -0.1) is 0 Å². The summed E-state index contributed by atoms with van der Waals surface area (Å²) in [5, 5.41) is 0. The van der Waals surface area contributed by atoms with Crippen LogP contribution in [0.3, 0.4) is 0 Å². The van der Waals surface area contributed by atoms with Crippen LogP contribution in [0.25, 0.3) is 11.1 Å². The van der Waals surface area contributed by atoms with Gasteiger partial charge in [0, 0.05) is 18.4 Å². The number of alkyl halides is 3. The molecular weight excluding hydrogens is 449 g/mol. The molecule has 0 saturated heterocycles. The zero-order valence-corrected chi connectivity index (χ0v) is 17.9. The maximum atomic E-state index is 14.1. The Bertz CT molecular complexity index is 1210. The summed E-state index contributed by atoms with van der Waals surface area (Å²) in [6.45, 7) is 5.58. The van der Waals surface area contributed by atoms with Crippen LogP contribution < -0.4 is 0 Å². The van der Waals surface area contributed by atoms with E-state index in [0.29, 0.717) is 11.1 Å². The minimum absolute atomic E-state index is 0.326. The molecule has 174 valence electrons. The van der Waals surface area contributed by atoms with Crippen molar-refractivity contribution in [3.63, 3.8) is 0 Å². The van der Waals surface area contributed by atoms with Gasteiger partial charge in [0.1, 0.15) is 11.3 Å². The fourth-order valence-corrected chi connectivity index (χ4v) is 3.72. The van der Waals surface area contributed by atoms with Gasteiger partial charge in [0.2, 0.25) is 0 Å². The third-order valence-electron chi connectivity index (χ3n) is 5.44. The Balaban J connectivity index is 1.92. The highest BCUT2D eigenvalue weighted by atomic mass is 19.4. The molecule has 0 radical (unpaired) electrons. The van der Waals surface area contributed by atoms with Crippen LogP contribution in [0.2, 0.25) is 0 Å². The molecule has 0 heterocycles. The second-order valence-corrected chi connectivity index (χ2v) is 7.96. The number of carbonyl (C=O) groups is 1. The third kappa shape index (κ3) is 4.94. The molecule has 0 aliphatic heterocycles. The summed E-state index contributed by atoms with van der Waals surface area (Å²) < 4.78 is 94.2. The van der Waals surface area contributed by atoms with Crippen molar-refractivity contribution in [2.24, 2.45) is 0 Å². The van der Waals surface area contributed by atoms with Gasteiger partial charge in [-0.1, -0.05) is 42.0 Å². The third-order valence-corrected chi connectivity index (χ3v) is 5.44. The fraction of sp³-hybridized carbons (Fsp3) is 0.240. The van der Waals surface area contributed by atoms with Crippen LogP contribution in [0.1, 0.15) is 33.4 Å². The van der Waals surface area contributed by atoms with E-state index in [1.807, 2.05) is 38.1 Å². The van der Waals surface area contributed by atoms with Gasteiger partial charge >= 0.3 is 6.18 Å². The molecule has 0 aliphatic carbocycles. The molecule has 33 heavy (non-hydrogen) atoms. The first-order valence-electron chi connectivity index (χ1n) is 9.92. The SMILES string of the molecule is Cc1ccc(-c2ccc(C)c(CC(=O)Cc3c(F)c(F)c(C(F)(F)F)c(F)c3F)c2)c(C)c1. The van der Waals surface area contributed by atoms with E-state index in [2.05, 4.69) is 0 Å². The molecule has 1 nitrogen and oxygen atoms in total. The van der Waals surface area contributed by atoms with Crippen molar-refractivity contribution in [2.45, 2.75) is 39.8 Å². The van der Waals surface area contributed by atoms with Crippen molar-refractivity contribution in [1.82, 2.24) is 0 Å². The first kappa shape index (κ1) is 24.5. The normalized spacial score (nSPS) is 11.7. The van der Waals surface area contributed by atoms with Crippen molar-refractivity contribution in [1.29, 1.82) is 0 Å². The molecule has 3 aromatic carbocycles. The second-order valence-electron chi connectivity index (χ2n) is 7.96. The van der Waals surface area contributed by atoms with Gasteiger partial charge in [0.15, 0.2) is 23.3 Å². The first-order valence-corrected chi connectivity index (χ1v) is 9.92. The molecule has 0 spiro atoms. The number of carbonyl (C=O) groups excluding carboxylic acids is 1. The van der Waals surface area contributed by atoms with Crippen LogP contribution in [0.4, 0.5) is 30.7 Å². The smallest absolute Gasteiger partial charge is 0.299 e. The van der Waals surface area contributed by atoms with E-state index in [0.717, 1.165) is 22.3 Å². The molecule has 0 atom stereocenters. The molecule has 0 aromatic heterocycles. The number of ketones is 1. The van der Waals surface area contributed by atoms with Gasteiger partial charge in [-0.2, -0.15) is 13.2 Å². The Kier molecular flexibility index (Phi) is 6.68. The van der Waals surface area contributed by atoms with Crippen LogP contribution in [0, 0.1) is 44.0 Å². The Morgan fingerprint density at radius 2 is 1.36 bits per heavy atom. The molecule has 0 unspecified atom stereocenters. The Morgan fingerprint density at radius 3 is 1.91 bits per heavy atom. The van der Waals surface area contributed by atoms with Gasteiger partial charge in [-0.3, -0.25) is 4.79 Å². The lowest BCUT2D eigenvalue weighted by Crippen LogP contribution is -2.19. The summed E-state index contributed by atoms with van der Waals surface area (Å²) in [6.07, 6.45) is -7.06. The number of hydrogen-bond donors (Lipinski definition) is 0. The number of hydrogen-bond acceptors (Lipinski definition) is 1. The number of aryl methyl sites for hydroxylation is 3. The minimum atomic E-state index is -5.63. The lowest BCUT2D eigenvalue weighted by molar-refractivity contribution is -0.143. The van der Waals surface area contributed by atoms with E-state index in [1.165, 1.54) is 0 Å². The Labute approximate surface area is 185 Å². The molecule has 0 fully saturated rings. The van der Waals surface area contributed by atoms with E-state index in [1.54, 1.807) is 19.1 Å². The van der Waals surface area contributed by atoms with Crippen molar-refractivity contribution in [3.05, 3.63) is 93.0 Å². The zero-order valence-electron chi connectivity index (χ0n) is 17.9. The van der Waals surface area contributed by atoms with Gasteiger partial charge in [-0.05, 0) is 48.6 Å². The molecule has 0 aliphatic rings. The van der Waals surface area contributed by atoms with Crippen molar-refractivity contribution in [2.75, 3.05) is 0 Å². The van der Waals surface area contributed by atoms with E-state index in [4.69, 9.17) is 0 Å². The minimum Gasteiger partial charge on any atom is -0.299 e. The highest BCUT2D eigenvalue weighted by Gasteiger charge is 2.42. The van der Waals surface area contributed by atoms with Crippen LogP contribution >= 0.6 is 0 Å². The van der Waals surface area contributed by atoms with E-state index in [9.17, 15) is 35.5 Å². The summed E-state index contributed by atoms with van der Waals surface area (Å²) >= 11 is 0.